The Labute approximate surface area is 223 Å². The molecule has 0 saturated carbocycles. The van der Waals surface area contributed by atoms with Gasteiger partial charge in [0.05, 0.1) is 5.56 Å². The molecule has 0 radical (unpaired) electrons. The van der Waals surface area contributed by atoms with Crippen LogP contribution in [0.5, 0.6) is 0 Å². The molecule has 4 rings (SSSR count). The number of nitrogens with one attached hydrogen (secondary N) is 1. The molecule has 0 unspecified atom stereocenters. The van der Waals surface area contributed by atoms with E-state index in [2.05, 4.69) is 5.32 Å². The molecule has 3 aromatic carbocycles. The van der Waals surface area contributed by atoms with Gasteiger partial charge in [-0.3, -0.25) is 14.4 Å². The Morgan fingerprint density at radius 1 is 0.947 bits per heavy atom. The van der Waals surface area contributed by atoms with Gasteiger partial charge < -0.3 is 10.2 Å². The molecule has 0 saturated heterocycles. The topological polar surface area (TPSA) is 104 Å². The molecule has 1 aliphatic rings. The van der Waals surface area contributed by atoms with E-state index in [-0.39, 0.29) is 42.3 Å². The van der Waals surface area contributed by atoms with Crippen molar-refractivity contribution >= 4 is 27.7 Å². The molecule has 0 aromatic heterocycles. The first-order chi connectivity index (χ1) is 18.2. The predicted octanol–water partition coefficient (Wildman–Crippen LogP) is 3.31. The molecule has 1 aliphatic heterocycles. The highest BCUT2D eigenvalue weighted by Crippen LogP contribution is 2.30. The zero-order chi connectivity index (χ0) is 27.3. The lowest BCUT2D eigenvalue weighted by atomic mass is 10.0. The standard InChI is InChI=1S/C29H31N3O5S/c1-3-30-28(34)25(19-22-11-5-4-6-12-22)31(20-23-13-9-10-21(2)18-23)27(33)16-17-32-29(35)24-14-7-8-15-26(24)38(32,36)37/h4-15,18,25H,3,16-17,19-20H2,1-2H3,(H,30,34)/t25-/m0/s1. The molecular weight excluding hydrogens is 502 g/mol. The molecule has 38 heavy (non-hydrogen) atoms. The first-order valence-corrected chi connectivity index (χ1v) is 14.0. The zero-order valence-corrected chi connectivity index (χ0v) is 22.3. The van der Waals surface area contributed by atoms with Crippen molar-refractivity contribution in [3.8, 4) is 0 Å². The Kier molecular flexibility index (Phi) is 8.26. The summed E-state index contributed by atoms with van der Waals surface area (Å²) in [4.78, 5) is 41.3. The molecule has 0 bridgehead atoms. The minimum absolute atomic E-state index is 0.0571. The van der Waals surface area contributed by atoms with Crippen LogP contribution in [0.4, 0.5) is 0 Å². The number of benzene rings is 3. The number of nitrogens with zero attached hydrogens (tertiary/aromatic N) is 2. The van der Waals surface area contributed by atoms with Crippen LogP contribution in [-0.2, 0) is 32.6 Å². The second-order valence-corrected chi connectivity index (χ2v) is 11.1. The van der Waals surface area contributed by atoms with Crippen molar-refractivity contribution in [2.75, 3.05) is 13.1 Å². The molecule has 198 valence electrons. The molecule has 3 aromatic rings. The number of rotatable bonds is 10. The van der Waals surface area contributed by atoms with Crippen LogP contribution in [0, 0.1) is 6.92 Å². The van der Waals surface area contributed by atoms with Crippen molar-refractivity contribution in [1.29, 1.82) is 0 Å². The van der Waals surface area contributed by atoms with Gasteiger partial charge in [-0.05, 0) is 37.1 Å². The van der Waals surface area contributed by atoms with Gasteiger partial charge >= 0.3 is 0 Å². The molecule has 9 heteroatoms. The van der Waals surface area contributed by atoms with E-state index in [1.54, 1.807) is 12.1 Å². The number of carbonyl (C=O) groups is 3. The van der Waals surface area contributed by atoms with Crippen molar-refractivity contribution in [2.45, 2.75) is 44.2 Å². The summed E-state index contributed by atoms with van der Waals surface area (Å²) in [6, 6.07) is 22.3. The van der Waals surface area contributed by atoms with Crippen molar-refractivity contribution in [1.82, 2.24) is 14.5 Å². The van der Waals surface area contributed by atoms with Gasteiger partial charge in [-0.25, -0.2) is 12.7 Å². The number of hydrogen-bond acceptors (Lipinski definition) is 5. The summed E-state index contributed by atoms with van der Waals surface area (Å²) in [5, 5.41) is 2.83. The van der Waals surface area contributed by atoms with E-state index in [1.807, 2.05) is 68.4 Å². The van der Waals surface area contributed by atoms with Crippen LogP contribution >= 0.6 is 0 Å². The van der Waals surface area contributed by atoms with Gasteiger partial charge in [0.25, 0.3) is 15.9 Å². The van der Waals surface area contributed by atoms with Gasteiger partial charge in [0.15, 0.2) is 0 Å². The van der Waals surface area contributed by atoms with Crippen molar-refractivity contribution < 1.29 is 22.8 Å². The van der Waals surface area contributed by atoms with Gasteiger partial charge in [-0.2, -0.15) is 0 Å². The molecule has 1 N–H and O–H groups in total. The number of hydrogen-bond donors (Lipinski definition) is 1. The number of amides is 3. The highest BCUT2D eigenvalue weighted by Gasteiger charge is 2.41. The van der Waals surface area contributed by atoms with Crippen molar-refractivity contribution in [3.63, 3.8) is 0 Å². The zero-order valence-electron chi connectivity index (χ0n) is 21.5. The highest BCUT2D eigenvalue weighted by molar-refractivity contribution is 7.90. The van der Waals surface area contributed by atoms with Crippen LogP contribution in [-0.4, -0.2) is 54.5 Å². The molecule has 0 spiro atoms. The predicted molar refractivity (Wildman–Crippen MR) is 144 cm³/mol. The summed E-state index contributed by atoms with van der Waals surface area (Å²) in [6.45, 7) is 4.01. The Balaban J connectivity index is 1.62. The Bertz CT molecular complexity index is 1440. The van der Waals surface area contributed by atoms with Crippen molar-refractivity contribution in [2.24, 2.45) is 0 Å². The van der Waals surface area contributed by atoms with E-state index in [0.29, 0.717) is 6.54 Å². The maximum Gasteiger partial charge on any atom is 0.269 e. The third-order valence-electron chi connectivity index (χ3n) is 6.50. The number of carbonyl (C=O) groups excluding carboxylic acids is 3. The summed E-state index contributed by atoms with van der Waals surface area (Å²) in [5.41, 5.74) is 2.84. The second-order valence-electron chi connectivity index (χ2n) is 9.24. The lowest BCUT2D eigenvalue weighted by Crippen LogP contribution is -2.51. The fraction of sp³-hybridized carbons (Fsp3) is 0.276. The average molecular weight is 534 g/mol. The Hall–Kier alpha value is -3.98. The monoisotopic (exact) mass is 533 g/mol. The number of likely N-dealkylation sites (N-methyl/N-ethyl adjacent to an activating group) is 1. The quantitative estimate of drug-likeness (QED) is 0.431. The largest absolute Gasteiger partial charge is 0.355 e. The normalized spacial score (nSPS) is 14.6. The van der Waals surface area contributed by atoms with Crippen LogP contribution in [0.1, 0.15) is 40.4 Å². The highest BCUT2D eigenvalue weighted by atomic mass is 32.2. The summed E-state index contributed by atoms with van der Waals surface area (Å²) in [5.74, 6) is -1.37. The summed E-state index contributed by atoms with van der Waals surface area (Å²) >= 11 is 0. The summed E-state index contributed by atoms with van der Waals surface area (Å²) in [6.07, 6.45) is 0.0338. The van der Waals surface area contributed by atoms with Crippen molar-refractivity contribution in [3.05, 3.63) is 101 Å². The third-order valence-corrected chi connectivity index (χ3v) is 8.34. The first kappa shape index (κ1) is 27.1. The molecule has 0 aliphatic carbocycles. The SMILES string of the molecule is CCNC(=O)[C@H](Cc1ccccc1)N(Cc1cccc(C)c1)C(=O)CCN1C(=O)c2ccccc2S1(=O)=O. The van der Waals surface area contributed by atoms with Crippen LogP contribution < -0.4 is 5.32 Å². The van der Waals surface area contributed by atoms with E-state index in [0.717, 1.165) is 21.0 Å². The maximum atomic E-state index is 13.7. The van der Waals surface area contributed by atoms with E-state index in [4.69, 9.17) is 0 Å². The fourth-order valence-electron chi connectivity index (χ4n) is 4.65. The van der Waals surface area contributed by atoms with E-state index < -0.39 is 27.9 Å². The number of sulfonamides is 1. The van der Waals surface area contributed by atoms with Crippen LogP contribution in [0.3, 0.4) is 0 Å². The number of fused-ring (bicyclic) bond motifs is 1. The lowest BCUT2D eigenvalue weighted by molar-refractivity contribution is -0.141. The maximum absolute atomic E-state index is 13.7. The van der Waals surface area contributed by atoms with E-state index in [9.17, 15) is 22.8 Å². The number of aryl methyl sites for hydroxylation is 1. The second kappa shape index (κ2) is 11.6. The molecule has 8 nitrogen and oxygen atoms in total. The molecular formula is C29H31N3O5S. The van der Waals surface area contributed by atoms with E-state index >= 15 is 0 Å². The van der Waals surface area contributed by atoms with Gasteiger partial charge in [0, 0.05) is 32.5 Å². The smallest absolute Gasteiger partial charge is 0.269 e. The van der Waals surface area contributed by atoms with Crippen LogP contribution in [0.2, 0.25) is 0 Å². The molecule has 0 fully saturated rings. The van der Waals surface area contributed by atoms with Gasteiger partial charge in [-0.1, -0.05) is 72.3 Å². The third kappa shape index (κ3) is 5.78. The minimum Gasteiger partial charge on any atom is -0.355 e. The molecule has 3 amide bonds. The summed E-state index contributed by atoms with van der Waals surface area (Å²) < 4.78 is 26.7. The Morgan fingerprint density at radius 2 is 1.63 bits per heavy atom. The minimum atomic E-state index is -4.04. The Morgan fingerprint density at radius 3 is 2.32 bits per heavy atom. The van der Waals surface area contributed by atoms with Crippen LogP contribution in [0.15, 0.2) is 83.8 Å². The van der Waals surface area contributed by atoms with E-state index in [1.165, 1.54) is 17.0 Å². The lowest BCUT2D eigenvalue weighted by Gasteiger charge is -2.32. The van der Waals surface area contributed by atoms with Crippen LogP contribution in [0.25, 0.3) is 0 Å². The average Bonchev–Trinajstić information content (AvgIpc) is 3.10. The fourth-order valence-corrected chi connectivity index (χ4v) is 6.22. The summed E-state index contributed by atoms with van der Waals surface area (Å²) in [7, 11) is -4.04. The first-order valence-electron chi connectivity index (χ1n) is 12.5. The van der Waals surface area contributed by atoms with Gasteiger partial charge in [0.2, 0.25) is 11.8 Å². The molecule has 1 atom stereocenters. The molecule has 1 heterocycles. The van der Waals surface area contributed by atoms with Gasteiger partial charge in [-0.15, -0.1) is 0 Å². The van der Waals surface area contributed by atoms with Gasteiger partial charge in [0.1, 0.15) is 10.9 Å².